The first-order chi connectivity index (χ1) is 16.2. The second-order valence-electron chi connectivity index (χ2n) is 8.78. The van der Waals surface area contributed by atoms with Gasteiger partial charge < -0.3 is 32.2 Å². The van der Waals surface area contributed by atoms with Crippen LogP contribution in [0.4, 0.5) is 10.2 Å². The fourth-order valence-electron chi connectivity index (χ4n) is 4.00. The van der Waals surface area contributed by atoms with Gasteiger partial charge >= 0.3 is 0 Å². The number of ether oxygens (including phenoxy) is 1. The van der Waals surface area contributed by atoms with Gasteiger partial charge in [-0.25, -0.2) is 9.37 Å². The highest BCUT2D eigenvalue weighted by molar-refractivity contribution is 6.21. The predicted octanol–water partition coefficient (Wildman–Crippen LogP) is 4.16. The summed E-state index contributed by atoms with van der Waals surface area (Å²) in [6, 6.07) is 6.29. The highest BCUT2D eigenvalue weighted by Crippen LogP contribution is 2.34. The second kappa shape index (κ2) is 10.0. The van der Waals surface area contributed by atoms with Crippen molar-refractivity contribution in [2.75, 3.05) is 18.8 Å². The van der Waals surface area contributed by atoms with Crippen molar-refractivity contribution in [3.05, 3.63) is 64.6 Å². The molecule has 1 aromatic carbocycles. The van der Waals surface area contributed by atoms with E-state index in [1.807, 2.05) is 13.0 Å². The van der Waals surface area contributed by atoms with Gasteiger partial charge in [0.05, 0.1) is 0 Å². The van der Waals surface area contributed by atoms with Crippen molar-refractivity contribution in [1.82, 2.24) is 15.6 Å². The predicted molar refractivity (Wildman–Crippen MR) is 135 cm³/mol. The van der Waals surface area contributed by atoms with Gasteiger partial charge in [-0.1, -0.05) is 0 Å². The second-order valence-corrected chi connectivity index (χ2v) is 9.28. The Morgan fingerprint density at radius 1 is 1.41 bits per heavy atom. The molecule has 2 unspecified atom stereocenters. The summed E-state index contributed by atoms with van der Waals surface area (Å²) in [5, 5.41) is 15.4. The van der Waals surface area contributed by atoms with E-state index in [2.05, 4.69) is 15.6 Å². The van der Waals surface area contributed by atoms with Gasteiger partial charge in [0.2, 0.25) is 0 Å². The molecule has 1 aliphatic heterocycles. The molecule has 4 rings (SSSR count). The molecule has 9 heteroatoms. The number of anilines is 1. The van der Waals surface area contributed by atoms with Crippen LogP contribution in [0.15, 0.2) is 42.1 Å². The van der Waals surface area contributed by atoms with Gasteiger partial charge in [-0.05, 0) is 62.9 Å². The van der Waals surface area contributed by atoms with Gasteiger partial charge in [0.25, 0.3) is 0 Å². The Morgan fingerprint density at radius 2 is 2.18 bits per heavy atom. The maximum absolute atomic E-state index is 14.3. The first-order valence-corrected chi connectivity index (χ1v) is 11.8. The molecule has 2 aliphatic rings. The smallest absolute Gasteiger partial charge is 0.166 e. The van der Waals surface area contributed by atoms with Crippen LogP contribution in [0.5, 0.6) is 5.75 Å². The number of rotatable bonds is 5. The lowest BCUT2D eigenvalue weighted by molar-refractivity contribution is 0.226. The molecule has 180 valence electrons. The summed E-state index contributed by atoms with van der Waals surface area (Å²) in [5.41, 5.74) is 15.9. The zero-order valence-electron chi connectivity index (χ0n) is 19.3. The molecule has 2 bridgehead atoms. The normalized spacial score (nSPS) is 22.5. The van der Waals surface area contributed by atoms with Gasteiger partial charge in [-0.2, -0.15) is 0 Å². The van der Waals surface area contributed by atoms with Crippen molar-refractivity contribution in [3.63, 3.8) is 0 Å². The van der Waals surface area contributed by atoms with Crippen molar-refractivity contribution < 1.29 is 9.13 Å². The number of nitrogen functional groups attached to an aromatic ring is 1. The summed E-state index contributed by atoms with van der Waals surface area (Å²) in [6.07, 6.45) is 5.18. The number of hydrogen-bond donors (Lipinski definition) is 5. The highest BCUT2D eigenvalue weighted by atomic mass is 35.5. The number of pyridine rings is 1. The van der Waals surface area contributed by atoms with E-state index >= 15 is 0 Å². The molecule has 2 aromatic rings. The van der Waals surface area contributed by atoms with Gasteiger partial charge in [0.1, 0.15) is 17.4 Å². The van der Waals surface area contributed by atoms with Crippen LogP contribution in [0, 0.1) is 17.1 Å². The zero-order valence-corrected chi connectivity index (χ0v) is 20.0. The van der Waals surface area contributed by atoms with E-state index in [-0.39, 0.29) is 5.82 Å². The molecule has 0 amide bonds. The molecule has 1 aliphatic carbocycles. The number of nitrogens with two attached hydrogens (primary N) is 2. The number of nitrogens with zero attached hydrogens (tertiary/aromatic N) is 1. The molecule has 2 heterocycles. The summed E-state index contributed by atoms with van der Waals surface area (Å²) in [5.74, 6) is 0.856. The van der Waals surface area contributed by atoms with E-state index in [1.54, 1.807) is 25.3 Å². The minimum Gasteiger partial charge on any atom is -0.482 e. The molecular formula is C25H30ClFN6O. The van der Waals surface area contributed by atoms with E-state index in [1.165, 1.54) is 25.0 Å². The van der Waals surface area contributed by atoms with Crippen LogP contribution in [0.2, 0.25) is 0 Å². The van der Waals surface area contributed by atoms with E-state index < -0.39 is 17.4 Å². The maximum Gasteiger partial charge on any atom is 0.166 e. The van der Waals surface area contributed by atoms with E-state index in [9.17, 15) is 4.39 Å². The molecule has 1 fully saturated rings. The monoisotopic (exact) mass is 484 g/mol. The minimum absolute atomic E-state index is 0.233. The number of benzene rings is 1. The number of fused-ring (bicyclic) bond motifs is 3. The zero-order chi connectivity index (χ0) is 24.4. The lowest BCUT2D eigenvalue weighted by Crippen LogP contribution is -2.27. The van der Waals surface area contributed by atoms with Gasteiger partial charge in [0, 0.05) is 58.7 Å². The molecule has 0 spiro atoms. The van der Waals surface area contributed by atoms with E-state index in [0.717, 1.165) is 23.4 Å². The average Bonchev–Trinajstić information content (AvgIpc) is 3.60. The van der Waals surface area contributed by atoms with Crippen molar-refractivity contribution in [3.8, 4) is 5.75 Å². The van der Waals surface area contributed by atoms with Crippen LogP contribution in [0.1, 0.15) is 49.5 Å². The number of nitrogens with one attached hydrogen (secondary N) is 3. The molecule has 1 saturated carbocycles. The molecule has 0 saturated heterocycles. The summed E-state index contributed by atoms with van der Waals surface area (Å²) >= 11 is 6.13. The summed E-state index contributed by atoms with van der Waals surface area (Å²) in [4.78, 5) is 4.35. The Labute approximate surface area is 203 Å². The van der Waals surface area contributed by atoms with Crippen molar-refractivity contribution in [1.29, 1.82) is 5.41 Å². The molecule has 34 heavy (non-hydrogen) atoms. The van der Waals surface area contributed by atoms with Crippen LogP contribution in [-0.4, -0.2) is 29.3 Å². The number of halogens is 2. The molecule has 7 N–H and O–H groups in total. The van der Waals surface area contributed by atoms with Gasteiger partial charge in [0.15, 0.2) is 11.6 Å². The van der Waals surface area contributed by atoms with Crippen molar-refractivity contribution in [2.45, 2.75) is 38.3 Å². The summed E-state index contributed by atoms with van der Waals surface area (Å²) < 4.78 is 20.5. The van der Waals surface area contributed by atoms with Crippen LogP contribution in [0.3, 0.4) is 0 Å². The van der Waals surface area contributed by atoms with E-state index in [4.69, 9.17) is 33.2 Å². The first kappa shape index (κ1) is 24.0. The fourth-order valence-corrected chi connectivity index (χ4v) is 4.13. The van der Waals surface area contributed by atoms with Crippen molar-refractivity contribution in [2.24, 2.45) is 11.7 Å². The Balaban J connectivity index is 1.90. The summed E-state index contributed by atoms with van der Waals surface area (Å²) in [7, 11) is 0. The minimum atomic E-state index is -0.766. The number of aromatic nitrogens is 1. The Kier molecular flexibility index (Phi) is 7.09. The van der Waals surface area contributed by atoms with Crippen LogP contribution < -0.4 is 26.8 Å². The van der Waals surface area contributed by atoms with Crippen LogP contribution in [-0.2, 0) is 0 Å². The highest BCUT2D eigenvalue weighted by Gasteiger charge is 2.24. The lowest BCUT2D eigenvalue weighted by atomic mass is 9.98. The summed E-state index contributed by atoms with van der Waals surface area (Å²) in [6.45, 7) is 4.69. The third-order valence-corrected chi connectivity index (χ3v) is 6.14. The molecule has 2 atom stereocenters. The topological polar surface area (TPSA) is 122 Å². The Morgan fingerprint density at radius 3 is 2.85 bits per heavy atom. The van der Waals surface area contributed by atoms with Crippen LogP contribution >= 0.6 is 11.6 Å². The molecule has 1 aromatic heterocycles. The van der Waals surface area contributed by atoms with E-state index in [0.29, 0.717) is 40.7 Å². The maximum atomic E-state index is 14.3. The van der Waals surface area contributed by atoms with Gasteiger partial charge in [-0.3, -0.25) is 0 Å². The lowest BCUT2D eigenvalue weighted by Gasteiger charge is -2.25. The standard InChI is InChI=1S/C25H30ClFN6O/c1-13(28)20-12-31-21(9-23(26)29)18-6-5-17(27)8-19(18)14(2)34-22-7-16(11-33-25(22)30)24(20)32-10-15-3-4-15/h5-9,11,14-15,23,28,31-32H,3-4,10,12,29H2,1-2H3,(H2,30,33)/b21-9-,24-20-,28-13?. The molecule has 7 nitrogen and oxygen atoms in total. The van der Waals surface area contributed by atoms with Crippen LogP contribution in [0.25, 0.3) is 11.4 Å². The average molecular weight is 485 g/mol. The number of alkyl halides is 1. The molecular weight excluding hydrogens is 455 g/mol. The Hall–Kier alpha value is -3.10. The molecule has 0 radical (unpaired) electrons. The first-order valence-electron chi connectivity index (χ1n) is 11.3. The SMILES string of the molecule is CC(=N)/C1=C(\NCC2CC2)c2cnc(N)c(c2)OC(C)c2cc(F)ccc2/C(=C/C(N)Cl)NC1. The van der Waals surface area contributed by atoms with Gasteiger partial charge in [-0.15, -0.1) is 11.6 Å². The largest absolute Gasteiger partial charge is 0.482 e. The van der Waals surface area contributed by atoms with Crippen molar-refractivity contribution >= 4 is 34.5 Å². The fraction of sp³-hybridized carbons (Fsp3) is 0.360. The third-order valence-electron chi connectivity index (χ3n) is 6.02. The number of hydrogen-bond acceptors (Lipinski definition) is 7. The quantitative estimate of drug-likeness (QED) is 0.247. The Bertz CT molecular complexity index is 1160. The third kappa shape index (κ3) is 5.51.